The predicted molar refractivity (Wildman–Crippen MR) is 89.7 cm³/mol. The van der Waals surface area contributed by atoms with Crippen molar-refractivity contribution < 1.29 is 9.48 Å². The van der Waals surface area contributed by atoms with Crippen LogP contribution in [0.2, 0.25) is 10.0 Å². The molecule has 0 saturated heterocycles. The standard InChI is InChI=1S/C14H15Cl2N4OS/c1-9-18-20(14(22-9)17-8-19(2)3)7-13(21)10-4-5-11(15)12(16)6-10/h4-6,8H,7H2,1-3H3/q+1. The Morgan fingerprint density at radius 3 is 2.77 bits per heavy atom. The second-order valence-electron chi connectivity index (χ2n) is 4.82. The summed E-state index contributed by atoms with van der Waals surface area (Å²) in [5.74, 6) is -0.102. The van der Waals surface area contributed by atoms with Crippen LogP contribution >= 0.6 is 34.5 Å². The maximum atomic E-state index is 12.4. The lowest BCUT2D eigenvalue weighted by Gasteiger charge is -2.01. The smallest absolute Gasteiger partial charge is 0.348 e. The Hall–Kier alpha value is -1.50. The molecule has 1 heterocycles. The fraction of sp³-hybridized carbons (Fsp3) is 0.286. The average molecular weight is 358 g/mol. The van der Waals surface area contributed by atoms with Crippen LogP contribution in [0.15, 0.2) is 23.2 Å². The van der Waals surface area contributed by atoms with Gasteiger partial charge in [0.15, 0.2) is 6.54 Å². The van der Waals surface area contributed by atoms with Gasteiger partial charge in [0.25, 0.3) is 0 Å². The van der Waals surface area contributed by atoms with E-state index in [4.69, 9.17) is 23.2 Å². The number of ketones is 1. The number of nitrogens with zero attached hydrogens (tertiary/aromatic N) is 4. The van der Waals surface area contributed by atoms with Crippen molar-refractivity contribution in [1.29, 1.82) is 0 Å². The highest BCUT2D eigenvalue weighted by Crippen LogP contribution is 2.23. The molecule has 1 aromatic carbocycles. The molecule has 116 valence electrons. The minimum absolute atomic E-state index is 0.0996. The zero-order valence-corrected chi connectivity index (χ0v) is 14.7. The average Bonchev–Trinajstić information content (AvgIpc) is 2.79. The summed E-state index contributed by atoms with van der Waals surface area (Å²) in [4.78, 5) is 18.5. The Labute approximate surface area is 142 Å². The molecule has 0 amide bonds. The number of aliphatic imine (C=N–C) groups is 1. The van der Waals surface area contributed by atoms with Gasteiger partial charge in [-0.1, -0.05) is 28.3 Å². The van der Waals surface area contributed by atoms with Gasteiger partial charge in [-0.25, -0.2) is 0 Å². The fourth-order valence-corrected chi connectivity index (χ4v) is 2.69. The second-order valence-corrected chi connectivity index (χ2v) is 6.80. The van der Waals surface area contributed by atoms with E-state index < -0.39 is 0 Å². The van der Waals surface area contributed by atoms with Crippen LogP contribution in [0.3, 0.4) is 0 Å². The maximum absolute atomic E-state index is 12.4. The summed E-state index contributed by atoms with van der Waals surface area (Å²) in [6.45, 7) is 1.97. The van der Waals surface area contributed by atoms with Crippen LogP contribution in [-0.4, -0.2) is 36.2 Å². The molecule has 0 saturated carbocycles. The molecule has 0 aliphatic carbocycles. The van der Waals surface area contributed by atoms with E-state index in [1.807, 2.05) is 25.9 Å². The summed E-state index contributed by atoms with van der Waals surface area (Å²) in [7, 11) is 3.76. The molecule has 0 unspecified atom stereocenters. The van der Waals surface area contributed by atoms with Crippen molar-refractivity contribution in [1.82, 2.24) is 10.00 Å². The zero-order valence-electron chi connectivity index (χ0n) is 12.4. The molecule has 0 aliphatic heterocycles. The highest BCUT2D eigenvalue weighted by atomic mass is 35.5. The first-order valence-electron chi connectivity index (χ1n) is 6.43. The van der Waals surface area contributed by atoms with Crippen molar-refractivity contribution in [2.24, 2.45) is 4.99 Å². The first-order chi connectivity index (χ1) is 10.4. The molecule has 0 bridgehead atoms. The second kappa shape index (κ2) is 7.17. The molecular weight excluding hydrogens is 343 g/mol. The van der Waals surface area contributed by atoms with Gasteiger partial charge >= 0.3 is 5.13 Å². The van der Waals surface area contributed by atoms with Crippen molar-refractivity contribution in [3.63, 3.8) is 0 Å². The van der Waals surface area contributed by atoms with Gasteiger partial charge in [0, 0.05) is 19.7 Å². The number of rotatable bonds is 5. The lowest BCUT2D eigenvalue weighted by molar-refractivity contribution is -0.724. The summed E-state index contributed by atoms with van der Waals surface area (Å²) in [6.07, 6.45) is 1.67. The number of hydrogen-bond acceptors (Lipinski definition) is 4. The summed E-state index contributed by atoms with van der Waals surface area (Å²) in [5.41, 5.74) is 0.495. The third-order valence-electron chi connectivity index (χ3n) is 2.66. The molecule has 0 atom stereocenters. The van der Waals surface area contributed by atoms with Gasteiger partial charge in [-0.15, -0.1) is 4.68 Å². The van der Waals surface area contributed by atoms with E-state index in [9.17, 15) is 4.79 Å². The first-order valence-corrected chi connectivity index (χ1v) is 8.00. The van der Waals surface area contributed by atoms with Gasteiger partial charge in [-0.3, -0.25) is 4.79 Å². The largest absolute Gasteiger partial charge is 0.406 e. The molecule has 8 heteroatoms. The highest BCUT2D eigenvalue weighted by Gasteiger charge is 2.20. The number of aryl methyl sites for hydroxylation is 1. The Bertz CT molecular complexity index is 728. The van der Waals surface area contributed by atoms with Crippen molar-refractivity contribution in [3.05, 3.63) is 38.8 Å². The summed E-state index contributed by atoms with van der Waals surface area (Å²) in [6, 6.07) is 4.83. The summed E-state index contributed by atoms with van der Waals surface area (Å²) < 4.78 is 1.59. The van der Waals surface area contributed by atoms with E-state index in [1.54, 1.807) is 29.2 Å². The molecule has 0 N–H and O–H groups in total. The van der Waals surface area contributed by atoms with Crippen LogP contribution in [0.4, 0.5) is 5.13 Å². The van der Waals surface area contributed by atoms with E-state index in [-0.39, 0.29) is 12.3 Å². The summed E-state index contributed by atoms with van der Waals surface area (Å²) in [5, 5.41) is 6.61. The molecule has 0 aliphatic rings. The summed E-state index contributed by atoms with van der Waals surface area (Å²) >= 11 is 13.2. The SMILES string of the molecule is Cc1n[n+](CC(=O)c2ccc(Cl)c(Cl)c2)c(N=CN(C)C)s1. The molecule has 2 rings (SSSR count). The topological polar surface area (TPSA) is 49.4 Å². The number of carbonyl (C=O) groups excluding carboxylic acids is 1. The third-order valence-corrected chi connectivity index (χ3v) is 4.27. The van der Waals surface area contributed by atoms with Crippen LogP contribution in [0.25, 0.3) is 0 Å². The van der Waals surface area contributed by atoms with Crippen molar-refractivity contribution in [3.8, 4) is 0 Å². The fourth-order valence-electron chi connectivity index (χ4n) is 1.68. The van der Waals surface area contributed by atoms with Crippen LogP contribution in [0, 0.1) is 6.92 Å². The molecule has 0 fully saturated rings. The van der Waals surface area contributed by atoms with E-state index in [0.717, 1.165) is 5.01 Å². The normalized spacial score (nSPS) is 11.1. The number of carbonyl (C=O) groups is 1. The quantitative estimate of drug-likeness (QED) is 0.357. The molecule has 2 aromatic rings. The number of benzene rings is 1. The van der Waals surface area contributed by atoms with E-state index in [2.05, 4.69) is 10.1 Å². The monoisotopic (exact) mass is 357 g/mol. The lowest BCUT2D eigenvalue weighted by atomic mass is 10.1. The van der Waals surface area contributed by atoms with Crippen LogP contribution in [-0.2, 0) is 6.54 Å². The van der Waals surface area contributed by atoms with Crippen LogP contribution in [0.1, 0.15) is 15.4 Å². The van der Waals surface area contributed by atoms with Crippen molar-refractivity contribution >= 4 is 51.8 Å². The number of hydrogen-bond donors (Lipinski definition) is 0. The van der Waals surface area contributed by atoms with E-state index >= 15 is 0 Å². The van der Waals surface area contributed by atoms with Gasteiger partial charge in [0.05, 0.1) is 10.0 Å². The van der Waals surface area contributed by atoms with Gasteiger partial charge in [0.1, 0.15) is 5.01 Å². The zero-order chi connectivity index (χ0) is 16.3. The number of halogens is 2. The van der Waals surface area contributed by atoms with Gasteiger partial charge in [0.2, 0.25) is 12.1 Å². The Morgan fingerprint density at radius 1 is 1.41 bits per heavy atom. The third kappa shape index (κ3) is 4.25. The van der Waals surface area contributed by atoms with Crippen molar-refractivity contribution in [2.45, 2.75) is 13.5 Å². The molecule has 5 nitrogen and oxygen atoms in total. The minimum atomic E-state index is -0.102. The van der Waals surface area contributed by atoms with E-state index in [0.29, 0.717) is 20.7 Å². The number of aromatic nitrogens is 2. The lowest BCUT2D eigenvalue weighted by Crippen LogP contribution is -2.40. The van der Waals surface area contributed by atoms with Crippen LogP contribution < -0.4 is 4.68 Å². The minimum Gasteiger partial charge on any atom is -0.348 e. The van der Waals surface area contributed by atoms with Gasteiger partial charge < -0.3 is 4.90 Å². The predicted octanol–water partition coefficient (Wildman–Crippen LogP) is 3.15. The first kappa shape index (κ1) is 16.9. The molecule has 0 spiro atoms. The molecular formula is C14H15Cl2N4OS+. The van der Waals surface area contributed by atoms with Gasteiger partial charge in [-0.2, -0.15) is 0 Å². The van der Waals surface area contributed by atoms with Crippen LogP contribution in [0.5, 0.6) is 0 Å². The maximum Gasteiger partial charge on any atom is 0.406 e. The Morgan fingerprint density at radius 2 is 2.14 bits per heavy atom. The van der Waals surface area contributed by atoms with Crippen molar-refractivity contribution in [2.75, 3.05) is 14.1 Å². The number of Topliss-reactive ketones (excluding diaryl/α,β-unsaturated/α-hetero) is 1. The molecule has 1 aromatic heterocycles. The van der Waals surface area contributed by atoms with E-state index in [1.165, 1.54) is 11.3 Å². The Balaban J connectivity index is 2.22. The Kier molecular flexibility index (Phi) is 5.50. The highest BCUT2D eigenvalue weighted by molar-refractivity contribution is 7.14. The van der Waals surface area contributed by atoms with Gasteiger partial charge in [-0.05, 0) is 41.5 Å². The molecule has 22 heavy (non-hydrogen) atoms. The molecule has 0 radical (unpaired) electrons.